The van der Waals surface area contributed by atoms with Crippen molar-refractivity contribution in [3.8, 4) is 56.4 Å². The minimum atomic E-state index is 0.547. The number of aromatic nitrogens is 3. The van der Waals surface area contributed by atoms with Crippen molar-refractivity contribution in [1.29, 1.82) is 0 Å². The molecule has 4 aromatic heterocycles. The van der Waals surface area contributed by atoms with Gasteiger partial charge < -0.3 is 13.3 Å². The highest BCUT2D eigenvalue weighted by Gasteiger charge is 2.18. The van der Waals surface area contributed by atoms with Gasteiger partial charge >= 0.3 is 0 Å². The molecular formula is C51H29N3O3. The lowest BCUT2D eigenvalue weighted by Crippen LogP contribution is -2.00. The summed E-state index contributed by atoms with van der Waals surface area (Å²) in [4.78, 5) is 15.3. The van der Waals surface area contributed by atoms with Crippen molar-refractivity contribution >= 4 is 65.8 Å². The summed E-state index contributed by atoms with van der Waals surface area (Å²) >= 11 is 0. The molecule has 0 unspecified atom stereocenters. The molecule has 0 atom stereocenters. The van der Waals surface area contributed by atoms with E-state index in [-0.39, 0.29) is 0 Å². The second-order valence-electron chi connectivity index (χ2n) is 14.4. The maximum absolute atomic E-state index is 6.50. The van der Waals surface area contributed by atoms with Gasteiger partial charge in [0.25, 0.3) is 0 Å². The molecule has 0 radical (unpaired) electrons. The van der Waals surface area contributed by atoms with E-state index in [9.17, 15) is 0 Å². The van der Waals surface area contributed by atoms with Gasteiger partial charge in [-0.15, -0.1) is 0 Å². The van der Waals surface area contributed by atoms with Gasteiger partial charge in [0.05, 0.1) is 0 Å². The third-order valence-corrected chi connectivity index (χ3v) is 11.0. The average molecular weight is 732 g/mol. The summed E-state index contributed by atoms with van der Waals surface area (Å²) in [5.41, 5.74) is 11.9. The highest BCUT2D eigenvalue weighted by atomic mass is 16.3. The third kappa shape index (κ3) is 5.15. The fourth-order valence-electron chi connectivity index (χ4n) is 8.17. The Morgan fingerprint density at radius 1 is 0.263 bits per heavy atom. The lowest BCUT2D eigenvalue weighted by molar-refractivity contribution is 0.668. The van der Waals surface area contributed by atoms with Gasteiger partial charge in [0.1, 0.15) is 33.5 Å². The van der Waals surface area contributed by atoms with E-state index in [1.165, 1.54) is 0 Å². The molecule has 0 N–H and O–H groups in total. The monoisotopic (exact) mass is 731 g/mol. The first-order chi connectivity index (χ1) is 28.2. The number of fused-ring (bicyclic) bond motifs is 9. The van der Waals surface area contributed by atoms with Crippen LogP contribution in [0, 0.1) is 0 Å². The van der Waals surface area contributed by atoms with Crippen molar-refractivity contribution in [2.24, 2.45) is 0 Å². The predicted octanol–water partition coefficient (Wildman–Crippen LogP) is 13.9. The Balaban J connectivity index is 0.992. The van der Waals surface area contributed by atoms with Gasteiger partial charge in [-0.3, -0.25) is 0 Å². The zero-order chi connectivity index (χ0) is 37.5. The average Bonchev–Trinajstić information content (AvgIpc) is 3.97. The normalized spacial score (nSPS) is 11.9. The van der Waals surface area contributed by atoms with E-state index < -0.39 is 0 Å². The molecule has 8 aromatic carbocycles. The van der Waals surface area contributed by atoms with Crippen LogP contribution in [0.5, 0.6) is 0 Å². The Labute approximate surface area is 325 Å². The number of nitrogens with zero attached hydrogens (tertiary/aromatic N) is 3. The van der Waals surface area contributed by atoms with Crippen LogP contribution in [-0.4, -0.2) is 15.0 Å². The minimum Gasteiger partial charge on any atom is -0.456 e. The summed E-state index contributed by atoms with van der Waals surface area (Å²) in [6.07, 6.45) is 0. The van der Waals surface area contributed by atoms with Crippen LogP contribution < -0.4 is 0 Å². The van der Waals surface area contributed by atoms with E-state index in [4.69, 9.17) is 28.2 Å². The molecule has 4 heterocycles. The summed E-state index contributed by atoms with van der Waals surface area (Å²) in [7, 11) is 0. The number of benzene rings is 8. The highest BCUT2D eigenvalue weighted by Crippen LogP contribution is 2.39. The number of hydrogen-bond acceptors (Lipinski definition) is 6. The standard InChI is InChI=1S/C51H29N3O3/c1-2-9-30(10-3-1)33-21-24-39-40-26-23-35(29-47(40)57-45(39)27-33)51-53-49(52-50(54-51)34-22-25-38-37-11-4-6-14-42(37)56-46(38)28-34)32-19-17-31(18-20-32)36-13-8-16-44-48(36)41-12-5-7-15-43(41)55-44/h1-29H. The van der Waals surface area contributed by atoms with Crippen molar-refractivity contribution in [1.82, 2.24) is 15.0 Å². The van der Waals surface area contributed by atoms with E-state index in [1.54, 1.807) is 0 Å². The van der Waals surface area contributed by atoms with Crippen molar-refractivity contribution in [3.05, 3.63) is 176 Å². The highest BCUT2D eigenvalue weighted by molar-refractivity contribution is 6.12. The Morgan fingerprint density at radius 2 is 0.702 bits per heavy atom. The summed E-state index contributed by atoms with van der Waals surface area (Å²) in [6.45, 7) is 0. The van der Waals surface area contributed by atoms with Crippen LogP contribution in [0.3, 0.4) is 0 Å². The zero-order valence-electron chi connectivity index (χ0n) is 30.3. The lowest BCUT2D eigenvalue weighted by atomic mass is 9.98. The van der Waals surface area contributed by atoms with Crippen LogP contribution in [0.25, 0.3) is 122 Å². The van der Waals surface area contributed by atoms with Gasteiger partial charge in [-0.2, -0.15) is 0 Å². The second kappa shape index (κ2) is 12.3. The number of hydrogen-bond donors (Lipinski definition) is 0. The maximum Gasteiger partial charge on any atom is 0.164 e. The van der Waals surface area contributed by atoms with E-state index in [1.807, 2.05) is 78.9 Å². The number of furan rings is 3. The van der Waals surface area contributed by atoms with E-state index in [0.717, 1.165) is 105 Å². The SMILES string of the molecule is c1ccc(-c2ccc3c(c2)oc2cc(-c4nc(-c5ccc(-c6cccc7oc8ccccc8c67)cc5)nc(-c5ccc6c(c5)oc5ccccc56)n4)ccc23)cc1. The van der Waals surface area contributed by atoms with E-state index in [2.05, 4.69) is 97.1 Å². The summed E-state index contributed by atoms with van der Waals surface area (Å²) in [5.74, 6) is 1.66. The Kier molecular flexibility index (Phi) is 6.83. The van der Waals surface area contributed by atoms with Crippen LogP contribution in [0.4, 0.5) is 0 Å². The fourth-order valence-corrected chi connectivity index (χ4v) is 8.17. The number of rotatable bonds is 5. The molecule has 12 rings (SSSR count). The van der Waals surface area contributed by atoms with Crippen LogP contribution >= 0.6 is 0 Å². The maximum atomic E-state index is 6.50. The van der Waals surface area contributed by atoms with Crippen molar-refractivity contribution in [2.75, 3.05) is 0 Å². The second-order valence-corrected chi connectivity index (χ2v) is 14.4. The van der Waals surface area contributed by atoms with Gasteiger partial charge in [-0.25, -0.2) is 15.0 Å². The summed E-state index contributed by atoms with van der Waals surface area (Å²) < 4.78 is 19.0. The predicted molar refractivity (Wildman–Crippen MR) is 229 cm³/mol. The van der Waals surface area contributed by atoms with Crippen molar-refractivity contribution in [2.45, 2.75) is 0 Å². The summed E-state index contributed by atoms with van der Waals surface area (Å²) in [5, 5.41) is 6.42. The molecule has 0 amide bonds. The molecular weight excluding hydrogens is 703 g/mol. The summed E-state index contributed by atoms with van der Waals surface area (Å²) in [6, 6.07) is 59.9. The van der Waals surface area contributed by atoms with Crippen LogP contribution in [0.1, 0.15) is 0 Å². The first kappa shape index (κ1) is 31.5. The minimum absolute atomic E-state index is 0.547. The molecule has 266 valence electrons. The molecule has 0 saturated heterocycles. The molecule has 6 heteroatoms. The molecule has 0 aliphatic carbocycles. The largest absolute Gasteiger partial charge is 0.456 e. The molecule has 12 aromatic rings. The first-order valence-electron chi connectivity index (χ1n) is 18.9. The van der Waals surface area contributed by atoms with E-state index >= 15 is 0 Å². The van der Waals surface area contributed by atoms with Gasteiger partial charge in [0, 0.05) is 49.0 Å². The van der Waals surface area contributed by atoms with Crippen molar-refractivity contribution < 1.29 is 13.3 Å². The molecule has 0 saturated carbocycles. The fraction of sp³-hybridized carbons (Fsp3) is 0. The van der Waals surface area contributed by atoms with Crippen LogP contribution in [-0.2, 0) is 0 Å². The molecule has 0 bridgehead atoms. The van der Waals surface area contributed by atoms with Gasteiger partial charge in [0.15, 0.2) is 17.5 Å². The van der Waals surface area contributed by atoms with Gasteiger partial charge in [-0.1, -0.05) is 121 Å². The Hall–Kier alpha value is -7.83. The molecule has 0 spiro atoms. The topological polar surface area (TPSA) is 78.1 Å². The van der Waals surface area contributed by atoms with Crippen LogP contribution in [0.2, 0.25) is 0 Å². The molecule has 0 aliphatic heterocycles. The number of para-hydroxylation sites is 2. The molecule has 0 fully saturated rings. The Morgan fingerprint density at radius 3 is 1.37 bits per heavy atom. The molecule has 57 heavy (non-hydrogen) atoms. The molecule has 6 nitrogen and oxygen atoms in total. The van der Waals surface area contributed by atoms with Crippen LogP contribution in [0.15, 0.2) is 189 Å². The smallest absolute Gasteiger partial charge is 0.164 e. The first-order valence-corrected chi connectivity index (χ1v) is 18.9. The quantitative estimate of drug-likeness (QED) is 0.175. The van der Waals surface area contributed by atoms with Crippen molar-refractivity contribution in [3.63, 3.8) is 0 Å². The van der Waals surface area contributed by atoms with E-state index in [0.29, 0.717) is 17.5 Å². The zero-order valence-corrected chi connectivity index (χ0v) is 30.3. The van der Waals surface area contributed by atoms with Gasteiger partial charge in [0.2, 0.25) is 0 Å². The lowest BCUT2D eigenvalue weighted by Gasteiger charge is -2.10. The Bertz CT molecular complexity index is 3520. The third-order valence-electron chi connectivity index (χ3n) is 11.0. The van der Waals surface area contributed by atoms with Gasteiger partial charge in [-0.05, 0) is 76.9 Å². The molecule has 0 aliphatic rings.